The number of aliphatic imine (C=N–C) groups is 1. The zero-order chi connectivity index (χ0) is 20.7. The molecule has 10 heteroatoms. The monoisotopic (exact) mass is 410 g/mol. The Morgan fingerprint density at radius 2 is 2.23 bits per heavy atom. The van der Waals surface area contributed by atoms with Gasteiger partial charge in [0.15, 0.2) is 17.6 Å². The molecule has 0 aliphatic carbocycles. The Balaban J connectivity index is 1.64. The number of aromatic nitrogens is 2. The van der Waals surface area contributed by atoms with Crippen LogP contribution >= 0.6 is 0 Å². The van der Waals surface area contributed by atoms with Crippen molar-refractivity contribution in [3.05, 3.63) is 36.5 Å². The van der Waals surface area contributed by atoms with Crippen molar-refractivity contribution in [1.29, 1.82) is 0 Å². The molecule has 156 valence electrons. The highest BCUT2D eigenvalue weighted by atomic mass is 16.7. The lowest BCUT2D eigenvalue weighted by atomic mass is 10.1. The molecule has 2 aromatic rings. The first-order valence-corrected chi connectivity index (χ1v) is 10.0. The number of ether oxygens (including phenoxy) is 2. The lowest BCUT2D eigenvalue weighted by Crippen LogP contribution is -2.48. The topological polar surface area (TPSA) is 103 Å². The van der Waals surface area contributed by atoms with E-state index in [4.69, 9.17) is 14.5 Å². The summed E-state index contributed by atoms with van der Waals surface area (Å²) < 4.78 is 11.0. The quantitative estimate of drug-likeness (QED) is 0.815. The molecule has 1 unspecified atom stereocenters. The molecule has 0 spiro atoms. The maximum absolute atomic E-state index is 13.7. The first-order chi connectivity index (χ1) is 14.7. The molecule has 2 fully saturated rings. The fourth-order valence-corrected chi connectivity index (χ4v) is 3.97. The molecule has 1 aromatic carbocycles. The first kappa shape index (κ1) is 18.5. The van der Waals surface area contributed by atoms with E-state index in [0.717, 1.165) is 17.5 Å². The first-order valence-electron chi connectivity index (χ1n) is 10.0. The summed E-state index contributed by atoms with van der Waals surface area (Å²) >= 11 is 0. The number of hydrogen-bond acceptors (Lipinski definition) is 6. The highest BCUT2D eigenvalue weighted by molar-refractivity contribution is 6.18. The van der Waals surface area contributed by atoms with Gasteiger partial charge in [-0.1, -0.05) is 6.92 Å². The molecule has 10 nitrogen and oxygen atoms in total. The van der Waals surface area contributed by atoms with Crippen LogP contribution in [0.5, 0.6) is 0 Å². The maximum Gasteiger partial charge on any atom is 0.350 e. The second-order valence-electron chi connectivity index (χ2n) is 7.28. The molecular formula is C20H22N6O4. The second kappa shape index (κ2) is 7.36. The molecule has 1 N–H and O–H groups in total. The summed E-state index contributed by atoms with van der Waals surface area (Å²) in [5.41, 5.74) is 2.24. The number of rotatable bonds is 5. The van der Waals surface area contributed by atoms with Gasteiger partial charge in [-0.3, -0.25) is 14.7 Å². The number of amides is 3. The summed E-state index contributed by atoms with van der Waals surface area (Å²) in [6.07, 6.45) is 5.04. The minimum absolute atomic E-state index is 0.0793. The molecule has 3 aliphatic rings. The number of carbonyl (C=O) groups is 2. The zero-order valence-electron chi connectivity index (χ0n) is 16.6. The van der Waals surface area contributed by atoms with Crippen LogP contribution in [0.3, 0.4) is 0 Å². The smallest absolute Gasteiger partial charge is 0.350 e. The number of H-pyrrole nitrogens is 1. The summed E-state index contributed by atoms with van der Waals surface area (Å²) in [6.45, 7) is 3.10. The number of hydrogen-bond donors (Lipinski definition) is 1. The minimum atomic E-state index is -0.628. The molecule has 0 bridgehead atoms. The third-order valence-electron chi connectivity index (χ3n) is 5.34. The molecule has 30 heavy (non-hydrogen) atoms. The SMILES string of the molecule is CCCN=C1C(C2=COCO2)N(c2ccc3[nH]cnc3c2)C(=O)N1N1CCCC1=O. The highest BCUT2D eigenvalue weighted by Crippen LogP contribution is 2.35. The average molecular weight is 410 g/mol. The van der Waals surface area contributed by atoms with Crippen LogP contribution in [0.15, 0.2) is 41.5 Å². The third-order valence-corrected chi connectivity index (χ3v) is 5.34. The average Bonchev–Trinajstić information content (AvgIpc) is 3.53. The van der Waals surface area contributed by atoms with Gasteiger partial charge in [0.25, 0.3) is 0 Å². The van der Waals surface area contributed by atoms with Crippen molar-refractivity contribution in [1.82, 2.24) is 20.0 Å². The van der Waals surface area contributed by atoms with Crippen LogP contribution in [0.1, 0.15) is 26.2 Å². The van der Waals surface area contributed by atoms with Gasteiger partial charge in [-0.15, -0.1) is 0 Å². The van der Waals surface area contributed by atoms with Gasteiger partial charge >= 0.3 is 6.03 Å². The van der Waals surface area contributed by atoms with Crippen LogP contribution in [-0.2, 0) is 14.3 Å². The predicted molar refractivity (Wildman–Crippen MR) is 108 cm³/mol. The molecule has 1 atom stereocenters. The van der Waals surface area contributed by atoms with E-state index in [0.29, 0.717) is 43.2 Å². The lowest BCUT2D eigenvalue weighted by molar-refractivity contribution is -0.134. The molecule has 1 aromatic heterocycles. The van der Waals surface area contributed by atoms with Gasteiger partial charge in [-0.2, -0.15) is 5.01 Å². The Kier molecular flexibility index (Phi) is 4.53. The van der Waals surface area contributed by atoms with Crippen molar-refractivity contribution in [2.75, 3.05) is 24.8 Å². The van der Waals surface area contributed by atoms with E-state index in [1.807, 2.05) is 25.1 Å². The number of amidine groups is 1. The largest absolute Gasteiger partial charge is 0.462 e. The van der Waals surface area contributed by atoms with Gasteiger partial charge in [0.05, 0.1) is 17.4 Å². The Bertz CT molecular complexity index is 1060. The number of hydrazine groups is 1. The van der Waals surface area contributed by atoms with Gasteiger partial charge in [0.1, 0.15) is 6.26 Å². The van der Waals surface area contributed by atoms with Crippen LogP contribution in [0, 0.1) is 0 Å². The van der Waals surface area contributed by atoms with Crippen LogP contribution in [0.4, 0.5) is 10.5 Å². The summed E-state index contributed by atoms with van der Waals surface area (Å²) in [5.74, 6) is 0.860. The number of nitrogens with one attached hydrogen (secondary N) is 1. The summed E-state index contributed by atoms with van der Waals surface area (Å²) in [6, 6.07) is 4.57. The maximum atomic E-state index is 13.7. The number of urea groups is 1. The van der Waals surface area contributed by atoms with Crippen LogP contribution < -0.4 is 4.90 Å². The lowest BCUT2D eigenvalue weighted by Gasteiger charge is -2.27. The van der Waals surface area contributed by atoms with E-state index in [-0.39, 0.29) is 18.7 Å². The summed E-state index contributed by atoms with van der Waals surface area (Å²) in [5, 5.41) is 2.90. The molecule has 4 heterocycles. The van der Waals surface area contributed by atoms with Gasteiger partial charge < -0.3 is 14.5 Å². The Morgan fingerprint density at radius 3 is 2.97 bits per heavy atom. The fraction of sp³-hybridized carbons (Fsp3) is 0.400. The van der Waals surface area contributed by atoms with E-state index in [2.05, 4.69) is 9.97 Å². The van der Waals surface area contributed by atoms with Crippen molar-refractivity contribution in [2.45, 2.75) is 32.2 Å². The van der Waals surface area contributed by atoms with Crippen molar-refractivity contribution >= 4 is 34.5 Å². The predicted octanol–water partition coefficient (Wildman–Crippen LogP) is 2.37. The Morgan fingerprint density at radius 1 is 1.33 bits per heavy atom. The number of aromatic amines is 1. The summed E-state index contributed by atoms with van der Waals surface area (Å²) in [4.78, 5) is 39.8. The van der Waals surface area contributed by atoms with E-state index in [1.165, 1.54) is 16.3 Å². The number of nitrogens with zero attached hydrogens (tertiary/aromatic N) is 5. The minimum Gasteiger partial charge on any atom is -0.462 e. The van der Waals surface area contributed by atoms with Gasteiger partial charge in [-0.05, 0) is 31.0 Å². The molecule has 5 rings (SSSR count). The van der Waals surface area contributed by atoms with E-state index >= 15 is 0 Å². The number of carbonyl (C=O) groups excluding carboxylic acids is 2. The Hall–Kier alpha value is -3.56. The van der Waals surface area contributed by atoms with Crippen molar-refractivity contribution < 1.29 is 19.1 Å². The van der Waals surface area contributed by atoms with Gasteiger partial charge in [0, 0.05) is 25.2 Å². The zero-order valence-corrected chi connectivity index (χ0v) is 16.6. The van der Waals surface area contributed by atoms with E-state index in [9.17, 15) is 9.59 Å². The number of anilines is 1. The number of imidazole rings is 1. The normalized spacial score (nSPS) is 23.0. The fourth-order valence-electron chi connectivity index (χ4n) is 3.97. The van der Waals surface area contributed by atoms with Crippen molar-refractivity contribution in [3.63, 3.8) is 0 Å². The Labute approximate surface area is 172 Å². The van der Waals surface area contributed by atoms with Gasteiger partial charge in [0.2, 0.25) is 12.7 Å². The van der Waals surface area contributed by atoms with Crippen LogP contribution in [-0.4, -0.2) is 63.7 Å². The number of benzene rings is 1. The molecule has 3 amide bonds. The van der Waals surface area contributed by atoms with Crippen molar-refractivity contribution in [3.8, 4) is 0 Å². The molecule has 2 saturated heterocycles. The third kappa shape index (κ3) is 2.87. The molecule has 3 aliphatic heterocycles. The van der Waals surface area contributed by atoms with E-state index in [1.54, 1.807) is 11.2 Å². The van der Waals surface area contributed by atoms with E-state index < -0.39 is 6.04 Å². The van der Waals surface area contributed by atoms with Gasteiger partial charge in [-0.25, -0.2) is 14.8 Å². The van der Waals surface area contributed by atoms with Crippen molar-refractivity contribution in [2.24, 2.45) is 4.99 Å². The molecule has 0 radical (unpaired) electrons. The summed E-state index contributed by atoms with van der Waals surface area (Å²) in [7, 11) is 0. The molecular weight excluding hydrogens is 388 g/mol. The highest BCUT2D eigenvalue weighted by Gasteiger charge is 2.51. The van der Waals surface area contributed by atoms with Crippen LogP contribution in [0.25, 0.3) is 11.0 Å². The second-order valence-corrected chi connectivity index (χ2v) is 7.28. The number of fused-ring (bicyclic) bond motifs is 1. The van der Waals surface area contributed by atoms with Crippen LogP contribution in [0.2, 0.25) is 0 Å². The standard InChI is InChI=1S/C20H22N6O4/c1-2-7-21-19-18(16-10-29-12-30-16)25(13-5-6-14-15(9-13)23-11-22-14)20(28)26(19)24-8-3-4-17(24)27/h5-6,9-11,18H,2-4,7-8,12H2,1H3,(H,22,23). The molecule has 0 saturated carbocycles.